The molecule has 2 rings (SSSR count). The summed E-state index contributed by atoms with van der Waals surface area (Å²) in [5.74, 6) is 2.24. The maximum atomic E-state index is 10.1. The third kappa shape index (κ3) is 3.07. The van der Waals surface area contributed by atoms with Gasteiger partial charge in [-0.1, -0.05) is 17.3 Å². The van der Waals surface area contributed by atoms with E-state index in [4.69, 9.17) is 9.47 Å². The summed E-state index contributed by atoms with van der Waals surface area (Å²) < 4.78 is 10.7. The quantitative estimate of drug-likeness (QED) is 0.751. The van der Waals surface area contributed by atoms with Crippen LogP contribution < -0.4 is 9.47 Å². The molecule has 4 heteroatoms. The number of nitrogens with zero attached hydrogens (tertiary/aromatic N) is 1. The van der Waals surface area contributed by atoms with Crippen molar-refractivity contribution >= 4 is 0 Å². The molecule has 0 saturated carbocycles. The molecule has 92 valence electrons. The van der Waals surface area contributed by atoms with Gasteiger partial charge in [0.1, 0.15) is 23.8 Å². The lowest BCUT2D eigenvalue weighted by molar-refractivity contribution is 0.413. The Bertz CT molecular complexity index is 506. The third-order valence-corrected chi connectivity index (χ3v) is 2.47. The molecule has 0 atom stereocenters. The number of rotatable bonds is 5. The molecule has 0 heterocycles. The van der Waals surface area contributed by atoms with E-state index in [1.165, 1.54) is 0 Å². The lowest BCUT2D eigenvalue weighted by atomic mass is 10.2. The minimum absolute atomic E-state index is 0.183. The first kappa shape index (κ1) is 12.1. The van der Waals surface area contributed by atoms with Crippen LogP contribution in [0.15, 0.2) is 53.7 Å². The van der Waals surface area contributed by atoms with Crippen LogP contribution in [0.5, 0.6) is 17.2 Å². The van der Waals surface area contributed by atoms with Gasteiger partial charge < -0.3 is 9.47 Å². The van der Waals surface area contributed by atoms with Crippen LogP contribution in [-0.2, 0) is 6.54 Å². The molecule has 0 aliphatic carbocycles. The highest BCUT2D eigenvalue weighted by atomic mass is 16.5. The first-order valence-electron chi connectivity index (χ1n) is 5.52. The van der Waals surface area contributed by atoms with Crippen molar-refractivity contribution in [2.75, 3.05) is 7.11 Å². The number of hydrogen-bond donors (Lipinski definition) is 0. The fraction of sp³-hybridized carbons (Fsp3) is 0.143. The molecule has 4 nitrogen and oxygen atoms in total. The molecule has 0 amide bonds. The molecule has 0 aliphatic heterocycles. The van der Waals surface area contributed by atoms with E-state index in [0.29, 0.717) is 0 Å². The zero-order chi connectivity index (χ0) is 12.8. The van der Waals surface area contributed by atoms with Crippen molar-refractivity contribution in [1.29, 1.82) is 0 Å². The third-order valence-electron chi connectivity index (χ3n) is 2.47. The highest BCUT2D eigenvalue weighted by molar-refractivity contribution is 5.36. The normalized spacial score (nSPS) is 9.83. The second-order valence-corrected chi connectivity index (χ2v) is 3.71. The van der Waals surface area contributed by atoms with Crippen molar-refractivity contribution in [3.05, 3.63) is 59.0 Å². The molecule has 0 spiro atoms. The van der Waals surface area contributed by atoms with Gasteiger partial charge in [0.05, 0.1) is 7.11 Å². The molecule has 18 heavy (non-hydrogen) atoms. The fourth-order valence-electron chi connectivity index (χ4n) is 1.52. The topological polar surface area (TPSA) is 47.9 Å². The largest absolute Gasteiger partial charge is 0.497 e. The van der Waals surface area contributed by atoms with Crippen molar-refractivity contribution in [1.82, 2.24) is 0 Å². The van der Waals surface area contributed by atoms with Crippen LogP contribution in [0, 0.1) is 4.91 Å². The Hall–Kier alpha value is -2.36. The minimum atomic E-state index is 0.183. The molecule has 0 aromatic heterocycles. The zero-order valence-corrected chi connectivity index (χ0v) is 10.00. The molecule has 0 N–H and O–H groups in total. The summed E-state index contributed by atoms with van der Waals surface area (Å²) in [7, 11) is 1.62. The molecule has 0 saturated heterocycles. The van der Waals surface area contributed by atoms with Gasteiger partial charge in [0, 0.05) is 0 Å². The van der Waals surface area contributed by atoms with E-state index >= 15 is 0 Å². The van der Waals surface area contributed by atoms with Gasteiger partial charge >= 0.3 is 0 Å². The van der Waals surface area contributed by atoms with E-state index in [0.717, 1.165) is 22.8 Å². The van der Waals surface area contributed by atoms with E-state index in [2.05, 4.69) is 5.18 Å². The van der Waals surface area contributed by atoms with Gasteiger partial charge in [0.2, 0.25) is 0 Å². The summed E-state index contributed by atoms with van der Waals surface area (Å²) in [6.07, 6.45) is 0. The summed E-state index contributed by atoms with van der Waals surface area (Å²) in [6.45, 7) is 0.183. The first-order valence-corrected chi connectivity index (χ1v) is 5.52. The highest BCUT2D eigenvalue weighted by Gasteiger charge is 1.99. The summed E-state index contributed by atoms with van der Waals surface area (Å²) in [4.78, 5) is 10.1. The van der Waals surface area contributed by atoms with Crippen LogP contribution in [0.3, 0.4) is 0 Å². The molecule has 0 fully saturated rings. The van der Waals surface area contributed by atoms with Crippen molar-refractivity contribution in [2.45, 2.75) is 6.54 Å². The molecule has 0 bridgehead atoms. The Morgan fingerprint density at radius 2 is 1.39 bits per heavy atom. The Kier molecular flexibility index (Phi) is 3.91. The summed E-state index contributed by atoms with van der Waals surface area (Å²) >= 11 is 0. The summed E-state index contributed by atoms with van der Waals surface area (Å²) in [5.41, 5.74) is 0.868. The number of benzene rings is 2. The molecular formula is C14H13NO3. The maximum absolute atomic E-state index is 10.1. The number of nitroso groups, excluding NO2 is 1. The fourth-order valence-corrected chi connectivity index (χ4v) is 1.52. The van der Waals surface area contributed by atoms with E-state index in [1.807, 2.05) is 48.5 Å². The van der Waals surface area contributed by atoms with Gasteiger partial charge in [0.25, 0.3) is 0 Å². The minimum Gasteiger partial charge on any atom is -0.497 e. The Balaban J connectivity index is 2.05. The highest BCUT2D eigenvalue weighted by Crippen LogP contribution is 2.24. The lowest BCUT2D eigenvalue weighted by Crippen LogP contribution is -1.86. The van der Waals surface area contributed by atoms with E-state index in [-0.39, 0.29) is 6.54 Å². The maximum Gasteiger partial charge on any atom is 0.127 e. The van der Waals surface area contributed by atoms with Crippen LogP contribution in [-0.4, -0.2) is 7.11 Å². The standard InChI is InChI=1S/C14H13NO3/c1-17-12-6-8-14(9-7-12)18-13-4-2-11(3-5-13)10-15-16/h2-9H,10H2,1H3. The smallest absolute Gasteiger partial charge is 0.127 e. The molecule has 0 aliphatic rings. The van der Waals surface area contributed by atoms with E-state index in [9.17, 15) is 4.91 Å². The van der Waals surface area contributed by atoms with Gasteiger partial charge in [0.15, 0.2) is 0 Å². The zero-order valence-electron chi connectivity index (χ0n) is 10.00. The predicted molar refractivity (Wildman–Crippen MR) is 69.0 cm³/mol. The average molecular weight is 243 g/mol. The lowest BCUT2D eigenvalue weighted by Gasteiger charge is -2.06. The van der Waals surface area contributed by atoms with E-state index in [1.54, 1.807) is 7.11 Å². The van der Waals surface area contributed by atoms with Crippen LogP contribution in [0.25, 0.3) is 0 Å². The molecule has 0 unspecified atom stereocenters. The molecule has 2 aromatic carbocycles. The second kappa shape index (κ2) is 5.82. The number of ether oxygens (including phenoxy) is 2. The Morgan fingerprint density at radius 3 is 1.89 bits per heavy atom. The van der Waals surface area contributed by atoms with Crippen molar-refractivity contribution in [3.8, 4) is 17.2 Å². The second-order valence-electron chi connectivity index (χ2n) is 3.71. The Labute approximate surface area is 105 Å². The van der Waals surface area contributed by atoms with Crippen LogP contribution in [0.2, 0.25) is 0 Å². The predicted octanol–water partition coefficient (Wildman–Crippen LogP) is 3.75. The van der Waals surface area contributed by atoms with Crippen molar-refractivity contribution < 1.29 is 9.47 Å². The van der Waals surface area contributed by atoms with Crippen LogP contribution in [0.4, 0.5) is 0 Å². The SMILES string of the molecule is COc1ccc(Oc2ccc(CN=O)cc2)cc1. The van der Waals surface area contributed by atoms with Crippen LogP contribution in [0.1, 0.15) is 5.56 Å². The average Bonchev–Trinajstić information content (AvgIpc) is 2.42. The van der Waals surface area contributed by atoms with Crippen LogP contribution >= 0.6 is 0 Å². The van der Waals surface area contributed by atoms with Crippen molar-refractivity contribution in [2.24, 2.45) is 5.18 Å². The van der Waals surface area contributed by atoms with Gasteiger partial charge in [-0.2, -0.15) is 4.91 Å². The van der Waals surface area contributed by atoms with Gasteiger partial charge in [-0.3, -0.25) is 0 Å². The molecular weight excluding hydrogens is 230 g/mol. The van der Waals surface area contributed by atoms with Gasteiger partial charge in [-0.15, -0.1) is 0 Å². The number of hydrogen-bond acceptors (Lipinski definition) is 4. The Morgan fingerprint density at radius 1 is 0.889 bits per heavy atom. The summed E-state index contributed by atoms with van der Waals surface area (Å²) in [6, 6.07) is 14.6. The first-order chi connectivity index (χ1) is 8.81. The summed E-state index contributed by atoms with van der Waals surface area (Å²) in [5, 5.41) is 2.83. The number of methoxy groups -OCH3 is 1. The molecule has 0 radical (unpaired) electrons. The monoisotopic (exact) mass is 243 g/mol. The van der Waals surface area contributed by atoms with E-state index < -0.39 is 0 Å². The van der Waals surface area contributed by atoms with Gasteiger partial charge in [-0.25, -0.2) is 0 Å². The molecule has 2 aromatic rings. The van der Waals surface area contributed by atoms with Crippen molar-refractivity contribution in [3.63, 3.8) is 0 Å². The van der Waals surface area contributed by atoms with Gasteiger partial charge in [-0.05, 0) is 42.0 Å².